The average molecular weight is 302 g/mol. The zero-order valence-corrected chi connectivity index (χ0v) is 14.1. The van der Waals surface area contributed by atoms with Crippen molar-refractivity contribution in [1.29, 1.82) is 0 Å². The second-order valence-electron chi connectivity index (χ2n) is 5.93. The molecule has 0 N–H and O–H groups in total. The first kappa shape index (κ1) is 17.1. The quantitative estimate of drug-likeness (QED) is 0.337. The molecular weight excluding hydrogens is 276 g/mol. The van der Waals surface area contributed by atoms with Crippen LogP contribution in [-0.2, 0) is 12.8 Å². The zero-order chi connectivity index (χ0) is 16.3. The smallest absolute Gasteiger partial charge is 0.0249 e. The predicted molar refractivity (Wildman–Crippen MR) is 101 cm³/mol. The monoisotopic (exact) mass is 302 g/mol. The van der Waals surface area contributed by atoms with Gasteiger partial charge in [-0.1, -0.05) is 55.5 Å². The molecule has 2 aromatic carbocycles. The Bertz CT molecular complexity index is 648. The summed E-state index contributed by atoms with van der Waals surface area (Å²) >= 11 is 0. The zero-order valence-electron chi connectivity index (χ0n) is 14.1. The van der Waals surface area contributed by atoms with Gasteiger partial charge in [-0.15, -0.1) is 6.58 Å². The third-order valence-electron chi connectivity index (χ3n) is 3.95. The van der Waals surface area contributed by atoms with Crippen molar-refractivity contribution >= 4 is 0 Å². The van der Waals surface area contributed by atoms with Gasteiger partial charge in [-0.2, -0.15) is 0 Å². The minimum Gasteiger partial charge on any atom is -0.103 e. The second kappa shape index (κ2) is 9.70. The van der Waals surface area contributed by atoms with Crippen LogP contribution in [-0.4, -0.2) is 0 Å². The SMILES string of the molecule is C=CCCCc1ccc(C#Cc2ccc(CCCC)cc2)cc1. The summed E-state index contributed by atoms with van der Waals surface area (Å²) in [4.78, 5) is 0. The molecule has 0 aromatic heterocycles. The Morgan fingerprint density at radius 2 is 1.26 bits per heavy atom. The summed E-state index contributed by atoms with van der Waals surface area (Å²) < 4.78 is 0. The van der Waals surface area contributed by atoms with Crippen molar-refractivity contribution in [2.24, 2.45) is 0 Å². The Labute approximate surface area is 141 Å². The molecule has 0 heterocycles. The van der Waals surface area contributed by atoms with Crippen LogP contribution in [0.3, 0.4) is 0 Å². The third-order valence-corrected chi connectivity index (χ3v) is 3.95. The van der Waals surface area contributed by atoms with Gasteiger partial charge in [0.1, 0.15) is 0 Å². The van der Waals surface area contributed by atoms with Crippen LogP contribution in [0.4, 0.5) is 0 Å². The largest absolute Gasteiger partial charge is 0.103 e. The molecule has 2 rings (SSSR count). The van der Waals surface area contributed by atoms with Crippen LogP contribution >= 0.6 is 0 Å². The minimum absolute atomic E-state index is 1.08. The lowest BCUT2D eigenvalue weighted by molar-refractivity contribution is 0.795. The number of rotatable bonds is 7. The van der Waals surface area contributed by atoms with Crippen molar-refractivity contribution < 1.29 is 0 Å². The van der Waals surface area contributed by atoms with Crippen LogP contribution in [0.15, 0.2) is 61.2 Å². The number of hydrogen-bond donors (Lipinski definition) is 0. The lowest BCUT2D eigenvalue weighted by Crippen LogP contribution is -1.86. The molecule has 2 aromatic rings. The summed E-state index contributed by atoms with van der Waals surface area (Å²) in [5, 5.41) is 0. The minimum atomic E-state index is 1.08. The van der Waals surface area contributed by atoms with Gasteiger partial charge >= 0.3 is 0 Å². The van der Waals surface area contributed by atoms with Gasteiger partial charge in [-0.25, -0.2) is 0 Å². The first-order chi connectivity index (χ1) is 11.3. The molecule has 0 aliphatic heterocycles. The molecule has 0 fully saturated rings. The predicted octanol–water partition coefficient (Wildman–Crippen LogP) is 5.94. The maximum Gasteiger partial charge on any atom is 0.0249 e. The fourth-order valence-electron chi connectivity index (χ4n) is 2.49. The van der Waals surface area contributed by atoms with Gasteiger partial charge in [-0.3, -0.25) is 0 Å². The van der Waals surface area contributed by atoms with Gasteiger partial charge in [-0.05, 0) is 67.5 Å². The molecule has 0 spiro atoms. The van der Waals surface area contributed by atoms with Crippen LogP contribution in [0.5, 0.6) is 0 Å². The highest BCUT2D eigenvalue weighted by atomic mass is 14.0. The summed E-state index contributed by atoms with van der Waals surface area (Å²) in [6.45, 7) is 5.99. The lowest BCUT2D eigenvalue weighted by atomic mass is 10.1. The van der Waals surface area contributed by atoms with E-state index in [0.29, 0.717) is 0 Å². The standard InChI is InChI=1S/C23H26/c1-3-5-7-9-21-12-16-23(17-13-21)19-18-22-14-10-20(11-15-22)8-6-4-2/h3,10-17H,1,4-9H2,2H3. The molecule has 0 saturated heterocycles. The number of hydrogen-bond acceptors (Lipinski definition) is 0. The highest BCUT2D eigenvalue weighted by molar-refractivity contribution is 5.44. The molecular formula is C23H26. The van der Waals surface area contributed by atoms with Crippen LogP contribution in [0.1, 0.15) is 54.9 Å². The molecule has 118 valence electrons. The number of allylic oxidation sites excluding steroid dienone is 1. The van der Waals surface area contributed by atoms with E-state index in [9.17, 15) is 0 Å². The Morgan fingerprint density at radius 1 is 0.783 bits per heavy atom. The maximum atomic E-state index is 3.76. The van der Waals surface area contributed by atoms with Crippen LogP contribution < -0.4 is 0 Å². The Kier molecular flexibility index (Phi) is 7.21. The molecule has 23 heavy (non-hydrogen) atoms. The molecule has 0 nitrogen and oxygen atoms in total. The van der Waals surface area contributed by atoms with Crippen molar-refractivity contribution in [2.75, 3.05) is 0 Å². The van der Waals surface area contributed by atoms with E-state index in [0.717, 1.165) is 30.4 Å². The molecule has 0 aliphatic carbocycles. The summed E-state index contributed by atoms with van der Waals surface area (Å²) in [5.74, 6) is 6.50. The average Bonchev–Trinajstić information content (AvgIpc) is 2.60. The summed E-state index contributed by atoms with van der Waals surface area (Å²) in [5.41, 5.74) is 4.94. The van der Waals surface area contributed by atoms with Crippen molar-refractivity contribution in [3.05, 3.63) is 83.4 Å². The van der Waals surface area contributed by atoms with Crippen molar-refractivity contribution in [2.45, 2.75) is 45.4 Å². The highest BCUT2D eigenvalue weighted by Crippen LogP contribution is 2.09. The molecule has 0 saturated carbocycles. The van der Waals surface area contributed by atoms with E-state index < -0.39 is 0 Å². The molecule has 0 bridgehead atoms. The Morgan fingerprint density at radius 3 is 1.70 bits per heavy atom. The van der Waals surface area contributed by atoms with Gasteiger partial charge < -0.3 is 0 Å². The molecule has 0 radical (unpaired) electrons. The maximum absolute atomic E-state index is 3.76. The summed E-state index contributed by atoms with van der Waals surface area (Å²) in [7, 11) is 0. The molecule has 0 aliphatic rings. The lowest BCUT2D eigenvalue weighted by Gasteiger charge is -2.00. The van der Waals surface area contributed by atoms with Gasteiger partial charge in [0.25, 0.3) is 0 Å². The van der Waals surface area contributed by atoms with E-state index in [4.69, 9.17) is 0 Å². The van der Waals surface area contributed by atoms with Crippen LogP contribution in [0.25, 0.3) is 0 Å². The summed E-state index contributed by atoms with van der Waals surface area (Å²) in [6, 6.07) is 17.2. The molecule has 0 heteroatoms. The normalized spacial score (nSPS) is 9.96. The van der Waals surface area contributed by atoms with Crippen molar-refractivity contribution in [3.63, 3.8) is 0 Å². The molecule has 0 atom stereocenters. The highest BCUT2D eigenvalue weighted by Gasteiger charge is 1.94. The van der Waals surface area contributed by atoms with Crippen molar-refractivity contribution in [1.82, 2.24) is 0 Å². The summed E-state index contributed by atoms with van der Waals surface area (Å²) in [6.07, 6.45) is 8.99. The topological polar surface area (TPSA) is 0 Å². The van der Waals surface area contributed by atoms with Crippen molar-refractivity contribution in [3.8, 4) is 11.8 Å². The number of unbranched alkanes of at least 4 members (excludes halogenated alkanes) is 2. The van der Waals surface area contributed by atoms with E-state index in [-0.39, 0.29) is 0 Å². The van der Waals surface area contributed by atoms with Crippen LogP contribution in [0, 0.1) is 11.8 Å². The van der Waals surface area contributed by atoms with E-state index in [1.54, 1.807) is 0 Å². The second-order valence-corrected chi connectivity index (χ2v) is 5.93. The van der Waals surface area contributed by atoms with E-state index in [2.05, 4.69) is 73.9 Å². The first-order valence-electron chi connectivity index (χ1n) is 8.62. The fourth-order valence-corrected chi connectivity index (χ4v) is 2.49. The molecule has 0 unspecified atom stereocenters. The van der Waals surface area contributed by atoms with E-state index >= 15 is 0 Å². The first-order valence-corrected chi connectivity index (χ1v) is 8.62. The Hall–Kier alpha value is -2.26. The van der Waals surface area contributed by atoms with E-state index in [1.165, 1.54) is 30.4 Å². The number of aryl methyl sites for hydroxylation is 2. The van der Waals surface area contributed by atoms with Gasteiger partial charge in [0, 0.05) is 11.1 Å². The van der Waals surface area contributed by atoms with Crippen LogP contribution in [0.2, 0.25) is 0 Å². The Balaban J connectivity index is 1.94. The van der Waals surface area contributed by atoms with Gasteiger partial charge in [0.05, 0.1) is 0 Å². The van der Waals surface area contributed by atoms with Gasteiger partial charge in [0.2, 0.25) is 0 Å². The van der Waals surface area contributed by atoms with Gasteiger partial charge in [0.15, 0.2) is 0 Å². The molecule has 0 amide bonds. The van der Waals surface area contributed by atoms with E-state index in [1.807, 2.05) is 6.08 Å². The fraction of sp³-hybridized carbons (Fsp3) is 0.304. The number of benzene rings is 2. The third kappa shape index (κ3) is 6.17.